The van der Waals surface area contributed by atoms with Crippen LogP contribution in [0.5, 0.6) is 5.75 Å². The van der Waals surface area contributed by atoms with Crippen molar-refractivity contribution in [1.29, 1.82) is 0 Å². The van der Waals surface area contributed by atoms with Crippen LogP contribution in [0, 0.1) is 0 Å². The summed E-state index contributed by atoms with van der Waals surface area (Å²) in [7, 11) is 0. The van der Waals surface area contributed by atoms with Gasteiger partial charge in [-0.3, -0.25) is 0 Å². The lowest BCUT2D eigenvalue weighted by Crippen LogP contribution is -2.15. The van der Waals surface area contributed by atoms with Gasteiger partial charge in [0.25, 0.3) is 0 Å². The first-order valence-corrected chi connectivity index (χ1v) is 11.2. The van der Waals surface area contributed by atoms with E-state index in [1.165, 1.54) is 24.0 Å². The quantitative estimate of drug-likeness (QED) is 0.545. The highest BCUT2D eigenvalue weighted by Crippen LogP contribution is 2.43. The molecule has 1 fully saturated rings. The lowest BCUT2D eigenvalue weighted by atomic mass is 9.90. The summed E-state index contributed by atoms with van der Waals surface area (Å²) in [6.45, 7) is 0. The highest BCUT2D eigenvalue weighted by Gasteiger charge is 2.29. The van der Waals surface area contributed by atoms with Crippen LogP contribution in [0.4, 0.5) is 0 Å². The van der Waals surface area contributed by atoms with Crippen molar-refractivity contribution in [1.82, 2.24) is 0 Å². The first-order chi connectivity index (χ1) is 14.7. The second-order valence-electron chi connectivity index (χ2n) is 8.84. The van der Waals surface area contributed by atoms with Crippen LogP contribution >= 0.6 is 0 Å². The Kier molecular flexibility index (Phi) is 5.20. The van der Waals surface area contributed by atoms with Gasteiger partial charge in [-0.1, -0.05) is 61.0 Å². The molecule has 5 rings (SSSR count). The highest BCUT2D eigenvalue weighted by atomic mass is 16.4. The summed E-state index contributed by atoms with van der Waals surface area (Å²) >= 11 is 0. The van der Waals surface area contributed by atoms with E-state index in [4.69, 9.17) is 4.42 Å². The predicted molar refractivity (Wildman–Crippen MR) is 118 cm³/mol. The molecule has 1 heterocycles. The van der Waals surface area contributed by atoms with E-state index in [0.717, 1.165) is 43.2 Å². The molecule has 3 nitrogen and oxygen atoms in total. The van der Waals surface area contributed by atoms with Gasteiger partial charge in [-0.05, 0) is 61.1 Å². The molecule has 1 aromatic heterocycles. The molecule has 0 bridgehead atoms. The maximum Gasteiger partial charge on any atom is 0.343 e. The van der Waals surface area contributed by atoms with Gasteiger partial charge in [0.05, 0.1) is 5.56 Å². The van der Waals surface area contributed by atoms with Crippen molar-refractivity contribution < 1.29 is 9.52 Å². The van der Waals surface area contributed by atoms with Crippen LogP contribution < -0.4 is 5.63 Å². The molecule has 2 aliphatic carbocycles. The zero-order valence-electron chi connectivity index (χ0n) is 17.3. The Balaban J connectivity index is 1.51. The van der Waals surface area contributed by atoms with Crippen LogP contribution in [0.1, 0.15) is 77.5 Å². The average molecular weight is 401 g/mol. The van der Waals surface area contributed by atoms with Gasteiger partial charge in [0.1, 0.15) is 11.5 Å². The van der Waals surface area contributed by atoms with E-state index in [1.54, 1.807) is 0 Å². The smallest absolute Gasteiger partial charge is 0.343 e. The van der Waals surface area contributed by atoms with Crippen LogP contribution in [0.3, 0.4) is 0 Å². The molecule has 1 N–H and O–H groups in total. The van der Waals surface area contributed by atoms with Crippen LogP contribution in [0.2, 0.25) is 0 Å². The fourth-order valence-electron chi connectivity index (χ4n) is 4.94. The average Bonchev–Trinajstić information content (AvgIpc) is 3.61. The molecule has 3 heteroatoms. The molecule has 1 unspecified atom stereocenters. The molecular weight excluding hydrogens is 372 g/mol. The summed E-state index contributed by atoms with van der Waals surface area (Å²) in [4.78, 5) is 13.0. The number of hydrogen-bond donors (Lipinski definition) is 1. The minimum Gasteiger partial charge on any atom is -0.507 e. The molecule has 0 aliphatic heterocycles. The van der Waals surface area contributed by atoms with E-state index in [0.29, 0.717) is 23.7 Å². The molecule has 0 spiro atoms. The van der Waals surface area contributed by atoms with Crippen molar-refractivity contribution in [3.05, 3.63) is 98.6 Å². The largest absolute Gasteiger partial charge is 0.507 e. The highest BCUT2D eigenvalue weighted by molar-refractivity contribution is 5.46. The number of benzene rings is 2. The molecular formula is C27H28O3. The number of rotatable bonds is 5. The zero-order chi connectivity index (χ0) is 20.5. The van der Waals surface area contributed by atoms with Gasteiger partial charge in [0.2, 0.25) is 0 Å². The van der Waals surface area contributed by atoms with E-state index in [9.17, 15) is 9.90 Å². The number of hydrogen-bond acceptors (Lipinski definition) is 3. The molecule has 3 aromatic rings. The predicted octanol–water partition coefficient (Wildman–Crippen LogP) is 5.87. The fourth-order valence-corrected chi connectivity index (χ4v) is 4.94. The summed E-state index contributed by atoms with van der Waals surface area (Å²) in [5, 5.41) is 11.2. The maximum absolute atomic E-state index is 13.0. The summed E-state index contributed by atoms with van der Waals surface area (Å²) in [6.07, 6.45) is 7.54. The van der Waals surface area contributed by atoms with Crippen molar-refractivity contribution in [2.75, 3.05) is 0 Å². The van der Waals surface area contributed by atoms with E-state index in [2.05, 4.69) is 30.3 Å². The molecule has 2 aliphatic rings. The van der Waals surface area contributed by atoms with E-state index in [-0.39, 0.29) is 17.3 Å². The topological polar surface area (TPSA) is 50.4 Å². The third-order valence-electron chi connectivity index (χ3n) is 6.68. The number of aromatic hydroxyl groups is 1. The minimum absolute atomic E-state index is 0.135. The van der Waals surface area contributed by atoms with Gasteiger partial charge in [0, 0.05) is 17.9 Å². The maximum atomic E-state index is 13.0. The molecule has 2 aromatic carbocycles. The van der Waals surface area contributed by atoms with Gasteiger partial charge in [-0.15, -0.1) is 0 Å². The Hall–Kier alpha value is -2.81. The van der Waals surface area contributed by atoms with Crippen LogP contribution in [-0.2, 0) is 19.3 Å². The summed E-state index contributed by atoms with van der Waals surface area (Å²) in [6, 6.07) is 18.6. The van der Waals surface area contributed by atoms with Crippen molar-refractivity contribution in [3.63, 3.8) is 0 Å². The lowest BCUT2D eigenvalue weighted by Gasteiger charge is -2.18. The Labute approximate surface area is 177 Å². The summed E-state index contributed by atoms with van der Waals surface area (Å²) in [5.41, 5.74) is 4.58. The van der Waals surface area contributed by atoms with E-state index < -0.39 is 0 Å². The third kappa shape index (κ3) is 3.81. The van der Waals surface area contributed by atoms with Gasteiger partial charge < -0.3 is 9.52 Å². The minimum atomic E-state index is -0.378. The Morgan fingerprint density at radius 3 is 2.50 bits per heavy atom. The first-order valence-electron chi connectivity index (χ1n) is 11.2. The van der Waals surface area contributed by atoms with Gasteiger partial charge in [-0.2, -0.15) is 0 Å². The molecule has 0 amide bonds. The van der Waals surface area contributed by atoms with Crippen LogP contribution in [-0.4, -0.2) is 5.11 Å². The van der Waals surface area contributed by atoms with Crippen molar-refractivity contribution in [3.8, 4) is 5.75 Å². The Morgan fingerprint density at radius 2 is 1.70 bits per heavy atom. The summed E-state index contributed by atoms with van der Waals surface area (Å²) < 4.78 is 5.95. The normalized spacial score (nSPS) is 18.6. The van der Waals surface area contributed by atoms with Gasteiger partial charge in [-0.25, -0.2) is 4.79 Å². The Morgan fingerprint density at radius 1 is 0.933 bits per heavy atom. The SMILES string of the molecule is O=c1oc2c(c(O)c1Cc1ccccc1C1CC1)CCCCC2Cc1ccccc1. The fraction of sp³-hybridized carbons (Fsp3) is 0.370. The van der Waals surface area contributed by atoms with Crippen molar-refractivity contribution in [2.24, 2.45) is 0 Å². The molecule has 30 heavy (non-hydrogen) atoms. The van der Waals surface area contributed by atoms with Crippen LogP contribution in [0.25, 0.3) is 0 Å². The van der Waals surface area contributed by atoms with Gasteiger partial charge >= 0.3 is 5.63 Å². The monoisotopic (exact) mass is 400 g/mol. The van der Waals surface area contributed by atoms with Crippen molar-refractivity contribution in [2.45, 2.75) is 63.2 Å². The molecule has 0 saturated heterocycles. The second-order valence-corrected chi connectivity index (χ2v) is 8.84. The second kappa shape index (κ2) is 8.14. The van der Waals surface area contributed by atoms with E-state index in [1.807, 2.05) is 24.3 Å². The van der Waals surface area contributed by atoms with E-state index >= 15 is 0 Å². The first kappa shape index (κ1) is 19.2. The van der Waals surface area contributed by atoms with Crippen LogP contribution in [0.15, 0.2) is 63.8 Å². The summed E-state index contributed by atoms with van der Waals surface area (Å²) in [5.74, 6) is 1.62. The third-order valence-corrected chi connectivity index (χ3v) is 6.68. The molecule has 1 saturated carbocycles. The van der Waals surface area contributed by atoms with Gasteiger partial charge in [0.15, 0.2) is 0 Å². The Bertz CT molecular complexity index is 1090. The molecule has 154 valence electrons. The zero-order valence-corrected chi connectivity index (χ0v) is 17.3. The van der Waals surface area contributed by atoms with Crippen molar-refractivity contribution >= 4 is 0 Å². The lowest BCUT2D eigenvalue weighted by molar-refractivity contribution is 0.380. The molecule has 0 radical (unpaired) electrons. The number of fused-ring (bicyclic) bond motifs is 1. The standard InChI is InChI=1S/C27H28O3/c28-25-23-13-7-5-11-21(16-18-8-2-1-3-9-18)26(23)30-27(29)24(25)17-20-10-4-6-12-22(20)19-14-15-19/h1-4,6,8-10,12,19,21,28H,5,7,11,13-17H2. The molecule has 1 atom stereocenters.